The van der Waals surface area contributed by atoms with Crippen LogP contribution in [0.25, 0.3) is 22.1 Å². The molecule has 3 aromatic rings. The van der Waals surface area contributed by atoms with Gasteiger partial charge < -0.3 is 9.15 Å². The number of rotatable bonds is 3. The Labute approximate surface area is 122 Å². The van der Waals surface area contributed by atoms with Gasteiger partial charge in [-0.3, -0.25) is 4.79 Å². The molecule has 3 heteroatoms. The third kappa shape index (κ3) is 2.31. The van der Waals surface area contributed by atoms with Crippen molar-refractivity contribution in [1.82, 2.24) is 0 Å². The van der Waals surface area contributed by atoms with Crippen LogP contribution in [0.2, 0.25) is 0 Å². The van der Waals surface area contributed by atoms with Gasteiger partial charge in [-0.05, 0) is 17.7 Å². The number of hydrogen-bond acceptors (Lipinski definition) is 3. The summed E-state index contributed by atoms with van der Waals surface area (Å²) in [6.45, 7) is 1.98. The van der Waals surface area contributed by atoms with Crippen molar-refractivity contribution in [2.75, 3.05) is 7.11 Å². The molecule has 0 unspecified atom stereocenters. The van der Waals surface area contributed by atoms with Gasteiger partial charge in [-0.1, -0.05) is 37.3 Å². The van der Waals surface area contributed by atoms with Gasteiger partial charge in [0.15, 0.2) is 0 Å². The minimum Gasteiger partial charge on any atom is -0.497 e. The molecule has 106 valence electrons. The molecular weight excluding hydrogens is 264 g/mol. The number of hydrogen-bond donors (Lipinski definition) is 0. The summed E-state index contributed by atoms with van der Waals surface area (Å²) < 4.78 is 11.1. The molecule has 0 saturated heterocycles. The molecule has 0 atom stereocenters. The maximum Gasteiger partial charge on any atom is 0.200 e. The van der Waals surface area contributed by atoms with E-state index in [9.17, 15) is 4.79 Å². The fourth-order valence-electron chi connectivity index (χ4n) is 2.49. The summed E-state index contributed by atoms with van der Waals surface area (Å²) in [5, 5.41) is 0.576. The van der Waals surface area contributed by atoms with E-state index in [1.807, 2.05) is 37.3 Å². The highest BCUT2D eigenvalue weighted by molar-refractivity contribution is 5.83. The SMILES string of the molecule is CCc1oc2cc(OC)ccc2c(=O)c1-c1ccccc1. The molecule has 3 rings (SSSR count). The lowest BCUT2D eigenvalue weighted by atomic mass is 10.0. The Hall–Kier alpha value is -2.55. The fourth-order valence-corrected chi connectivity index (χ4v) is 2.49. The minimum absolute atomic E-state index is 0.00181. The van der Waals surface area contributed by atoms with Gasteiger partial charge in [-0.25, -0.2) is 0 Å². The van der Waals surface area contributed by atoms with Crippen molar-refractivity contribution in [2.45, 2.75) is 13.3 Å². The van der Waals surface area contributed by atoms with Crippen LogP contribution in [0.5, 0.6) is 5.75 Å². The zero-order valence-corrected chi connectivity index (χ0v) is 12.1. The van der Waals surface area contributed by atoms with Crippen LogP contribution in [0.1, 0.15) is 12.7 Å². The Kier molecular flexibility index (Phi) is 3.48. The van der Waals surface area contributed by atoms with E-state index in [1.165, 1.54) is 0 Å². The molecule has 0 radical (unpaired) electrons. The first-order chi connectivity index (χ1) is 10.2. The van der Waals surface area contributed by atoms with Gasteiger partial charge in [0.05, 0.1) is 18.1 Å². The van der Waals surface area contributed by atoms with Crippen molar-refractivity contribution in [2.24, 2.45) is 0 Å². The first-order valence-electron chi connectivity index (χ1n) is 6.93. The number of fused-ring (bicyclic) bond motifs is 1. The highest BCUT2D eigenvalue weighted by atomic mass is 16.5. The van der Waals surface area contributed by atoms with Crippen LogP contribution >= 0.6 is 0 Å². The molecule has 0 spiro atoms. The summed E-state index contributed by atoms with van der Waals surface area (Å²) in [6, 6.07) is 14.9. The Morgan fingerprint density at radius 1 is 1.10 bits per heavy atom. The predicted molar refractivity (Wildman–Crippen MR) is 83.9 cm³/mol. The van der Waals surface area contributed by atoms with Crippen LogP contribution in [0, 0.1) is 0 Å². The van der Waals surface area contributed by atoms with Crippen molar-refractivity contribution < 1.29 is 9.15 Å². The lowest BCUT2D eigenvalue weighted by molar-refractivity contribution is 0.414. The predicted octanol–water partition coefficient (Wildman–Crippen LogP) is 4.03. The number of methoxy groups -OCH3 is 1. The molecule has 0 amide bonds. The topological polar surface area (TPSA) is 39.4 Å². The largest absolute Gasteiger partial charge is 0.497 e. The summed E-state index contributed by atoms with van der Waals surface area (Å²) in [5.74, 6) is 1.38. The summed E-state index contributed by atoms with van der Waals surface area (Å²) in [5.41, 5.74) is 2.11. The van der Waals surface area contributed by atoms with Crippen molar-refractivity contribution in [1.29, 1.82) is 0 Å². The number of ether oxygens (including phenoxy) is 1. The normalized spacial score (nSPS) is 10.8. The molecule has 0 saturated carbocycles. The van der Waals surface area contributed by atoms with E-state index >= 15 is 0 Å². The molecule has 0 aliphatic heterocycles. The van der Waals surface area contributed by atoms with Crippen LogP contribution in [0.15, 0.2) is 57.7 Å². The Morgan fingerprint density at radius 2 is 1.86 bits per heavy atom. The van der Waals surface area contributed by atoms with E-state index in [-0.39, 0.29) is 5.43 Å². The monoisotopic (exact) mass is 280 g/mol. The smallest absolute Gasteiger partial charge is 0.200 e. The zero-order valence-electron chi connectivity index (χ0n) is 12.1. The molecule has 0 aliphatic rings. The van der Waals surface area contributed by atoms with Crippen LogP contribution in [0.3, 0.4) is 0 Å². The lowest BCUT2D eigenvalue weighted by Crippen LogP contribution is -2.08. The summed E-state index contributed by atoms with van der Waals surface area (Å²) >= 11 is 0. The van der Waals surface area contributed by atoms with Gasteiger partial charge >= 0.3 is 0 Å². The van der Waals surface area contributed by atoms with Gasteiger partial charge in [-0.15, -0.1) is 0 Å². The van der Waals surface area contributed by atoms with Gasteiger partial charge in [0.2, 0.25) is 5.43 Å². The maximum absolute atomic E-state index is 12.8. The molecule has 3 nitrogen and oxygen atoms in total. The van der Waals surface area contributed by atoms with Crippen LogP contribution in [-0.4, -0.2) is 7.11 Å². The second kappa shape index (κ2) is 5.44. The van der Waals surface area contributed by atoms with Crippen molar-refractivity contribution >= 4 is 11.0 Å². The molecule has 2 aromatic carbocycles. The number of aryl methyl sites for hydroxylation is 1. The molecule has 0 bridgehead atoms. The van der Waals surface area contributed by atoms with Gasteiger partial charge in [0.1, 0.15) is 17.1 Å². The van der Waals surface area contributed by atoms with Crippen molar-refractivity contribution in [3.05, 3.63) is 64.5 Å². The quantitative estimate of drug-likeness (QED) is 0.727. The second-order valence-electron chi connectivity index (χ2n) is 4.81. The highest BCUT2D eigenvalue weighted by Gasteiger charge is 2.15. The Balaban J connectivity index is 2.35. The average molecular weight is 280 g/mol. The lowest BCUT2D eigenvalue weighted by Gasteiger charge is -2.09. The Morgan fingerprint density at radius 3 is 2.52 bits per heavy atom. The van der Waals surface area contributed by atoms with E-state index in [1.54, 1.807) is 25.3 Å². The Bertz CT molecular complexity index is 832. The van der Waals surface area contributed by atoms with Gasteiger partial charge in [-0.2, -0.15) is 0 Å². The van der Waals surface area contributed by atoms with Crippen molar-refractivity contribution in [3.63, 3.8) is 0 Å². The molecule has 1 heterocycles. The first kappa shape index (κ1) is 13.4. The van der Waals surface area contributed by atoms with Crippen LogP contribution in [-0.2, 0) is 6.42 Å². The molecule has 21 heavy (non-hydrogen) atoms. The summed E-state index contributed by atoms with van der Waals surface area (Å²) in [7, 11) is 1.60. The molecule has 1 aromatic heterocycles. The second-order valence-corrected chi connectivity index (χ2v) is 4.81. The van der Waals surface area contributed by atoms with E-state index in [4.69, 9.17) is 9.15 Å². The van der Waals surface area contributed by atoms with E-state index < -0.39 is 0 Å². The third-order valence-electron chi connectivity index (χ3n) is 3.56. The molecule has 0 fully saturated rings. The molecule has 0 aliphatic carbocycles. The van der Waals surface area contributed by atoms with Crippen LogP contribution in [0.4, 0.5) is 0 Å². The molecular formula is C18H16O3. The van der Waals surface area contributed by atoms with Gasteiger partial charge in [0, 0.05) is 12.5 Å². The average Bonchev–Trinajstić information content (AvgIpc) is 2.54. The minimum atomic E-state index is 0.00181. The van der Waals surface area contributed by atoms with E-state index in [0.717, 1.165) is 5.56 Å². The number of benzene rings is 2. The summed E-state index contributed by atoms with van der Waals surface area (Å²) in [4.78, 5) is 12.8. The van der Waals surface area contributed by atoms with E-state index in [2.05, 4.69) is 0 Å². The fraction of sp³-hybridized carbons (Fsp3) is 0.167. The first-order valence-corrected chi connectivity index (χ1v) is 6.93. The zero-order chi connectivity index (χ0) is 14.8. The van der Waals surface area contributed by atoms with Crippen molar-refractivity contribution in [3.8, 4) is 16.9 Å². The maximum atomic E-state index is 12.8. The standard InChI is InChI=1S/C18H16O3/c1-3-15-17(12-7-5-4-6-8-12)18(19)14-10-9-13(20-2)11-16(14)21-15/h4-11H,3H2,1-2H3. The molecule has 0 N–H and O–H groups in total. The van der Waals surface area contributed by atoms with E-state index in [0.29, 0.717) is 34.5 Å². The third-order valence-corrected chi connectivity index (χ3v) is 3.56. The van der Waals surface area contributed by atoms with Crippen LogP contribution < -0.4 is 10.2 Å². The highest BCUT2D eigenvalue weighted by Crippen LogP contribution is 2.26. The summed E-state index contributed by atoms with van der Waals surface area (Å²) in [6.07, 6.45) is 0.659. The van der Waals surface area contributed by atoms with Gasteiger partial charge in [0.25, 0.3) is 0 Å².